The first-order valence-electron chi connectivity index (χ1n) is 6.34. The van der Waals surface area contributed by atoms with Crippen molar-refractivity contribution in [3.8, 4) is 0 Å². The third-order valence-corrected chi connectivity index (χ3v) is 3.59. The fraction of sp³-hybridized carbons (Fsp3) is 0.533. The SMILES string of the molecule is Cc1ccc(CCC(=O)C2CCCC2)cc1. The van der Waals surface area contributed by atoms with Crippen LogP contribution < -0.4 is 0 Å². The fourth-order valence-electron chi connectivity index (χ4n) is 2.47. The number of hydrogen-bond acceptors (Lipinski definition) is 1. The Morgan fingerprint density at radius 1 is 1.19 bits per heavy atom. The van der Waals surface area contributed by atoms with Gasteiger partial charge in [0.2, 0.25) is 0 Å². The van der Waals surface area contributed by atoms with Gasteiger partial charge in [0, 0.05) is 12.3 Å². The van der Waals surface area contributed by atoms with Gasteiger partial charge in [0.1, 0.15) is 5.78 Å². The van der Waals surface area contributed by atoms with Crippen LogP contribution in [0.2, 0.25) is 0 Å². The molecule has 86 valence electrons. The Bertz CT molecular complexity index is 344. The quantitative estimate of drug-likeness (QED) is 0.750. The number of carbonyl (C=O) groups excluding carboxylic acids is 1. The van der Waals surface area contributed by atoms with E-state index in [1.54, 1.807) is 0 Å². The molecule has 0 saturated heterocycles. The number of carbonyl (C=O) groups is 1. The van der Waals surface area contributed by atoms with Crippen molar-refractivity contribution in [3.63, 3.8) is 0 Å². The molecule has 0 atom stereocenters. The van der Waals surface area contributed by atoms with Gasteiger partial charge in [-0.15, -0.1) is 0 Å². The van der Waals surface area contributed by atoms with Crippen LogP contribution in [0.5, 0.6) is 0 Å². The first-order chi connectivity index (χ1) is 7.75. The molecule has 1 aliphatic rings. The lowest BCUT2D eigenvalue weighted by atomic mass is 9.96. The van der Waals surface area contributed by atoms with E-state index >= 15 is 0 Å². The summed E-state index contributed by atoms with van der Waals surface area (Å²) in [5.41, 5.74) is 2.57. The Morgan fingerprint density at radius 2 is 1.81 bits per heavy atom. The Kier molecular flexibility index (Phi) is 3.76. The van der Waals surface area contributed by atoms with E-state index in [1.165, 1.54) is 24.0 Å². The van der Waals surface area contributed by atoms with Gasteiger partial charge < -0.3 is 0 Å². The highest BCUT2D eigenvalue weighted by Crippen LogP contribution is 2.26. The number of aryl methyl sites for hydroxylation is 2. The fourth-order valence-corrected chi connectivity index (χ4v) is 2.47. The van der Waals surface area contributed by atoms with Gasteiger partial charge in [-0.2, -0.15) is 0 Å². The highest BCUT2D eigenvalue weighted by atomic mass is 16.1. The summed E-state index contributed by atoms with van der Waals surface area (Å²) in [6, 6.07) is 8.51. The normalized spacial score (nSPS) is 16.6. The second-order valence-corrected chi connectivity index (χ2v) is 4.93. The zero-order chi connectivity index (χ0) is 11.4. The first-order valence-corrected chi connectivity index (χ1v) is 6.34. The van der Waals surface area contributed by atoms with Crippen molar-refractivity contribution in [2.24, 2.45) is 5.92 Å². The average Bonchev–Trinajstić information content (AvgIpc) is 2.81. The van der Waals surface area contributed by atoms with E-state index in [9.17, 15) is 4.79 Å². The first kappa shape index (κ1) is 11.4. The molecule has 0 unspecified atom stereocenters. The van der Waals surface area contributed by atoms with Crippen LogP contribution in [0.25, 0.3) is 0 Å². The van der Waals surface area contributed by atoms with Gasteiger partial charge in [0.05, 0.1) is 0 Å². The molecule has 1 fully saturated rings. The van der Waals surface area contributed by atoms with Gasteiger partial charge in [-0.3, -0.25) is 4.79 Å². The number of Topliss-reactive ketones (excluding diaryl/α,β-unsaturated/α-hetero) is 1. The summed E-state index contributed by atoms with van der Waals surface area (Å²) in [5, 5.41) is 0. The molecule has 1 aliphatic carbocycles. The molecule has 1 nitrogen and oxygen atoms in total. The van der Waals surface area contributed by atoms with Crippen LogP contribution in [-0.2, 0) is 11.2 Å². The Labute approximate surface area is 97.9 Å². The predicted octanol–water partition coefficient (Wildman–Crippen LogP) is 3.69. The third kappa shape index (κ3) is 2.94. The van der Waals surface area contributed by atoms with Crippen LogP contribution in [0.15, 0.2) is 24.3 Å². The molecule has 0 amide bonds. The minimum absolute atomic E-state index is 0.380. The Hall–Kier alpha value is -1.11. The van der Waals surface area contributed by atoms with Crippen molar-refractivity contribution in [1.29, 1.82) is 0 Å². The number of hydrogen-bond donors (Lipinski definition) is 0. The van der Waals surface area contributed by atoms with E-state index in [2.05, 4.69) is 31.2 Å². The maximum absolute atomic E-state index is 11.9. The molecule has 0 heterocycles. The zero-order valence-corrected chi connectivity index (χ0v) is 10.0. The molecule has 16 heavy (non-hydrogen) atoms. The molecule has 0 aliphatic heterocycles. The van der Waals surface area contributed by atoms with Crippen molar-refractivity contribution in [3.05, 3.63) is 35.4 Å². The molecule has 1 aromatic carbocycles. The van der Waals surface area contributed by atoms with Crippen LogP contribution in [-0.4, -0.2) is 5.78 Å². The van der Waals surface area contributed by atoms with Gasteiger partial charge in [-0.1, -0.05) is 42.7 Å². The lowest BCUT2D eigenvalue weighted by Gasteiger charge is -2.07. The lowest BCUT2D eigenvalue weighted by molar-refractivity contribution is -0.122. The van der Waals surface area contributed by atoms with E-state index < -0.39 is 0 Å². The molecule has 1 aromatic rings. The summed E-state index contributed by atoms with van der Waals surface area (Å²) in [7, 11) is 0. The minimum atomic E-state index is 0.380. The Balaban J connectivity index is 1.82. The van der Waals surface area contributed by atoms with Gasteiger partial charge in [-0.05, 0) is 31.7 Å². The van der Waals surface area contributed by atoms with E-state index in [4.69, 9.17) is 0 Å². The minimum Gasteiger partial charge on any atom is -0.299 e. The molecule has 1 saturated carbocycles. The number of benzene rings is 1. The van der Waals surface area contributed by atoms with Gasteiger partial charge >= 0.3 is 0 Å². The number of rotatable bonds is 4. The van der Waals surface area contributed by atoms with Crippen molar-refractivity contribution < 1.29 is 4.79 Å². The van der Waals surface area contributed by atoms with Crippen LogP contribution in [0.3, 0.4) is 0 Å². The summed E-state index contributed by atoms with van der Waals surface area (Å²) >= 11 is 0. The van der Waals surface area contributed by atoms with Crippen LogP contribution in [0.4, 0.5) is 0 Å². The molecule has 0 bridgehead atoms. The lowest BCUT2D eigenvalue weighted by Crippen LogP contribution is -2.11. The number of ketones is 1. The van der Waals surface area contributed by atoms with Crippen molar-refractivity contribution >= 4 is 5.78 Å². The predicted molar refractivity (Wildman–Crippen MR) is 66.5 cm³/mol. The maximum atomic E-state index is 11.9. The molecule has 2 rings (SSSR count). The smallest absolute Gasteiger partial charge is 0.136 e. The van der Waals surface area contributed by atoms with E-state index in [0.29, 0.717) is 11.7 Å². The second-order valence-electron chi connectivity index (χ2n) is 4.93. The van der Waals surface area contributed by atoms with E-state index in [0.717, 1.165) is 25.7 Å². The van der Waals surface area contributed by atoms with E-state index in [1.807, 2.05) is 0 Å². The summed E-state index contributed by atoms with van der Waals surface area (Å²) in [4.78, 5) is 11.9. The van der Waals surface area contributed by atoms with Crippen molar-refractivity contribution in [1.82, 2.24) is 0 Å². The third-order valence-electron chi connectivity index (χ3n) is 3.59. The molecule has 1 heteroatoms. The highest BCUT2D eigenvalue weighted by Gasteiger charge is 2.21. The van der Waals surface area contributed by atoms with Crippen molar-refractivity contribution in [2.45, 2.75) is 45.4 Å². The second kappa shape index (κ2) is 5.29. The molecule has 0 N–H and O–H groups in total. The van der Waals surface area contributed by atoms with Crippen LogP contribution >= 0.6 is 0 Å². The van der Waals surface area contributed by atoms with Crippen LogP contribution in [0.1, 0.15) is 43.2 Å². The summed E-state index contributed by atoms with van der Waals surface area (Å²) in [5.74, 6) is 0.864. The van der Waals surface area contributed by atoms with Gasteiger partial charge in [0.25, 0.3) is 0 Å². The highest BCUT2D eigenvalue weighted by molar-refractivity contribution is 5.81. The molecule has 0 radical (unpaired) electrons. The standard InChI is InChI=1S/C15H20O/c1-12-6-8-13(9-7-12)10-11-15(16)14-4-2-3-5-14/h6-9,14H,2-5,10-11H2,1H3. The molecule has 0 aromatic heterocycles. The largest absolute Gasteiger partial charge is 0.299 e. The summed E-state index contributed by atoms with van der Waals surface area (Å²) in [6.07, 6.45) is 6.41. The van der Waals surface area contributed by atoms with Gasteiger partial charge in [0.15, 0.2) is 0 Å². The zero-order valence-electron chi connectivity index (χ0n) is 10.0. The monoisotopic (exact) mass is 216 g/mol. The molecule has 0 spiro atoms. The maximum Gasteiger partial charge on any atom is 0.136 e. The average molecular weight is 216 g/mol. The van der Waals surface area contributed by atoms with E-state index in [-0.39, 0.29) is 0 Å². The Morgan fingerprint density at radius 3 is 2.44 bits per heavy atom. The summed E-state index contributed by atoms with van der Waals surface area (Å²) < 4.78 is 0. The topological polar surface area (TPSA) is 17.1 Å². The molecular formula is C15H20O. The summed E-state index contributed by atoms with van der Waals surface area (Å²) in [6.45, 7) is 2.09. The van der Waals surface area contributed by atoms with Crippen LogP contribution in [0, 0.1) is 12.8 Å². The molecular weight excluding hydrogens is 196 g/mol. The van der Waals surface area contributed by atoms with Crippen molar-refractivity contribution in [2.75, 3.05) is 0 Å². The van der Waals surface area contributed by atoms with Gasteiger partial charge in [-0.25, -0.2) is 0 Å².